The molecule has 0 saturated heterocycles. The van der Waals surface area contributed by atoms with Gasteiger partial charge in [0.05, 0.1) is 22.7 Å². The van der Waals surface area contributed by atoms with E-state index in [0.29, 0.717) is 0 Å². The Morgan fingerprint density at radius 2 is 1.81 bits per heavy atom. The van der Waals surface area contributed by atoms with Gasteiger partial charge in [-0.1, -0.05) is 43.0 Å². The van der Waals surface area contributed by atoms with Crippen molar-refractivity contribution in [3.8, 4) is 0 Å². The van der Waals surface area contributed by atoms with Crippen molar-refractivity contribution < 1.29 is 18.3 Å². The van der Waals surface area contributed by atoms with Gasteiger partial charge in [-0.15, -0.1) is 0 Å². The van der Waals surface area contributed by atoms with Crippen molar-refractivity contribution in [2.45, 2.75) is 50.4 Å². The fourth-order valence-corrected chi connectivity index (χ4v) is 3.34. The lowest BCUT2D eigenvalue weighted by Gasteiger charge is -2.31. The molecule has 1 fully saturated rings. The molecule has 21 heavy (non-hydrogen) atoms. The molecule has 6 heteroatoms. The van der Waals surface area contributed by atoms with Gasteiger partial charge in [-0.2, -0.15) is 13.2 Å². The van der Waals surface area contributed by atoms with Crippen LogP contribution < -0.4 is 5.73 Å². The van der Waals surface area contributed by atoms with Crippen molar-refractivity contribution in [1.82, 2.24) is 0 Å². The molecule has 3 N–H and O–H groups in total. The fraction of sp³-hybridized carbons (Fsp3) is 0.600. The van der Waals surface area contributed by atoms with Gasteiger partial charge in [0.25, 0.3) is 0 Å². The van der Waals surface area contributed by atoms with E-state index >= 15 is 0 Å². The van der Waals surface area contributed by atoms with E-state index in [1.54, 1.807) is 0 Å². The first-order chi connectivity index (χ1) is 9.82. The molecule has 2 atom stereocenters. The van der Waals surface area contributed by atoms with Crippen LogP contribution in [0.15, 0.2) is 18.2 Å². The van der Waals surface area contributed by atoms with Crippen LogP contribution in [0.3, 0.4) is 0 Å². The number of hydrogen-bond donors (Lipinski definition) is 2. The van der Waals surface area contributed by atoms with Crippen molar-refractivity contribution in [3.63, 3.8) is 0 Å². The number of nitrogens with two attached hydrogens (primary N) is 1. The van der Waals surface area contributed by atoms with E-state index in [1.165, 1.54) is 12.1 Å². The maximum Gasteiger partial charge on any atom is 0.417 e. The molecule has 1 aromatic rings. The first-order valence-electron chi connectivity index (χ1n) is 7.11. The molecule has 0 unspecified atom stereocenters. The molecule has 2 nitrogen and oxygen atoms in total. The maximum atomic E-state index is 12.9. The summed E-state index contributed by atoms with van der Waals surface area (Å²) in [6, 6.07) is 2.75. The van der Waals surface area contributed by atoms with Gasteiger partial charge >= 0.3 is 6.18 Å². The highest BCUT2D eigenvalue weighted by Crippen LogP contribution is 2.39. The molecule has 1 aromatic carbocycles. The highest BCUT2D eigenvalue weighted by Gasteiger charge is 2.36. The standard InChI is InChI=1S/C15H19ClF3NO/c16-12-10(7-4-8-11(12)15(17,18)19)13(20)14(21)9-5-2-1-3-6-9/h4,7-9,13-14,21H,1-3,5-6,20H2/t13-,14+/m1/s1. The second-order valence-electron chi connectivity index (χ2n) is 5.62. The number of benzene rings is 1. The third kappa shape index (κ3) is 3.71. The van der Waals surface area contributed by atoms with Crippen molar-refractivity contribution >= 4 is 11.6 Å². The molecule has 0 aromatic heterocycles. The largest absolute Gasteiger partial charge is 0.417 e. The zero-order valence-corrected chi connectivity index (χ0v) is 12.3. The van der Waals surface area contributed by atoms with Gasteiger partial charge < -0.3 is 10.8 Å². The monoisotopic (exact) mass is 321 g/mol. The molecule has 0 aliphatic heterocycles. The van der Waals surface area contributed by atoms with Crippen LogP contribution in [0.4, 0.5) is 13.2 Å². The van der Waals surface area contributed by atoms with Crippen LogP contribution in [-0.4, -0.2) is 11.2 Å². The molecule has 2 rings (SSSR count). The van der Waals surface area contributed by atoms with Crippen LogP contribution in [-0.2, 0) is 6.18 Å². The molecule has 0 spiro atoms. The molecule has 0 amide bonds. The second-order valence-corrected chi connectivity index (χ2v) is 6.00. The topological polar surface area (TPSA) is 46.2 Å². The zero-order chi connectivity index (χ0) is 15.6. The maximum absolute atomic E-state index is 12.9. The molecule has 1 aliphatic rings. The number of aliphatic hydroxyl groups is 1. The smallest absolute Gasteiger partial charge is 0.391 e. The predicted octanol–water partition coefficient (Wildman–Crippen LogP) is 4.30. The SMILES string of the molecule is N[C@H](c1cccc(C(F)(F)F)c1Cl)[C@@H](O)C1CCCCC1. The van der Waals surface area contributed by atoms with Gasteiger partial charge in [0.15, 0.2) is 0 Å². The molecular weight excluding hydrogens is 303 g/mol. The Bertz CT molecular complexity index is 486. The third-order valence-electron chi connectivity index (χ3n) is 4.19. The average Bonchev–Trinajstić information content (AvgIpc) is 2.45. The minimum Gasteiger partial charge on any atom is -0.391 e. The van der Waals surface area contributed by atoms with Crippen molar-refractivity contribution in [2.75, 3.05) is 0 Å². The number of alkyl halides is 3. The van der Waals surface area contributed by atoms with E-state index in [0.717, 1.165) is 38.2 Å². The lowest BCUT2D eigenvalue weighted by Crippen LogP contribution is -2.34. The molecular formula is C15H19ClF3NO. The number of rotatable bonds is 3. The normalized spacial score (nSPS) is 20.3. The average molecular weight is 322 g/mol. The van der Waals surface area contributed by atoms with Gasteiger partial charge in [-0.05, 0) is 30.4 Å². The fourth-order valence-electron chi connectivity index (χ4n) is 2.98. The summed E-state index contributed by atoms with van der Waals surface area (Å²) < 4.78 is 38.6. The first-order valence-corrected chi connectivity index (χ1v) is 7.49. The minimum absolute atomic E-state index is 0.0272. The van der Waals surface area contributed by atoms with Crippen molar-refractivity contribution in [1.29, 1.82) is 0 Å². The predicted molar refractivity (Wildman–Crippen MR) is 76.0 cm³/mol. The summed E-state index contributed by atoms with van der Waals surface area (Å²) in [7, 11) is 0. The molecule has 0 bridgehead atoms. The summed E-state index contributed by atoms with van der Waals surface area (Å²) in [6.07, 6.45) is -0.524. The summed E-state index contributed by atoms with van der Waals surface area (Å²) in [4.78, 5) is 0. The van der Waals surface area contributed by atoms with Crippen LogP contribution in [0, 0.1) is 5.92 Å². The third-order valence-corrected chi connectivity index (χ3v) is 4.62. The van der Waals surface area contributed by atoms with Crippen LogP contribution >= 0.6 is 11.6 Å². The Balaban J connectivity index is 2.24. The summed E-state index contributed by atoms with van der Waals surface area (Å²) in [5, 5.41) is 9.94. The van der Waals surface area contributed by atoms with E-state index in [2.05, 4.69) is 0 Å². The quantitative estimate of drug-likeness (QED) is 0.872. The highest BCUT2D eigenvalue weighted by atomic mass is 35.5. The minimum atomic E-state index is -4.53. The Labute approximate surface area is 127 Å². The Morgan fingerprint density at radius 1 is 1.19 bits per heavy atom. The lowest BCUT2D eigenvalue weighted by atomic mass is 9.81. The van der Waals surface area contributed by atoms with Gasteiger partial charge in [0.1, 0.15) is 0 Å². The van der Waals surface area contributed by atoms with E-state index < -0.39 is 28.9 Å². The van der Waals surface area contributed by atoms with E-state index in [4.69, 9.17) is 17.3 Å². The van der Waals surface area contributed by atoms with Crippen LogP contribution in [0.25, 0.3) is 0 Å². The molecule has 1 aliphatic carbocycles. The summed E-state index contributed by atoms with van der Waals surface area (Å²) in [5.41, 5.74) is 5.23. The van der Waals surface area contributed by atoms with E-state index in [-0.39, 0.29) is 11.5 Å². The van der Waals surface area contributed by atoms with Gasteiger partial charge in [-0.3, -0.25) is 0 Å². The van der Waals surface area contributed by atoms with Gasteiger partial charge in [-0.25, -0.2) is 0 Å². The molecule has 118 valence electrons. The van der Waals surface area contributed by atoms with Gasteiger partial charge in [0.2, 0.25) is 0 Å². The van der Waals surface area contributed by atoms with Crippen LogP contribution in [0.5, 0.6) is 0 Å². The Kier molecular flexibility index (Phi) is 5.17. The Morgan fingerprint density at radius 3 is 2.38 bits per heavy atom. The van der Waals surface area contributed by atoms with Crippen molar-refractivity contribution in [2.24, 2.45) is 11.7 Å². The van der Waals surface area contributed by atoms with E-state index in [9.17, 15) is 18.3 Å². The van der Waals surface area contributed by atoms with Crippen LogP contribution in [0.1, 0.15) is 49.3 Å². The molecule has 0 radical (unpaired) electrons. The summed E-state index contributed by atoms with van der Waals surface area (Å²) >= 11 is 5.86. The first kappa shape index (κ1) is 16.6. The van der Waals surface area contributed by atoms with Crippen molar-refractivity contribution in [3.05, 3.63) is 34.3 Å². The number of halogens is 4. The Hall–Kier alpha value is -0.780. The number of hydrogen-bond acceptors (Lipinski definition) is 2. The summed E-state index contributed by atoms with van der Waals surface area (Å²) in [6.45, 7) is 0. The van der Waals surface area contributed by atoms with E-state index in [1.807, 2.05) is 0 Å². The van der Waals surface area contributed by atoms with Crippen LogP contribution in [0.2, 0.25) is 5.02 Å². The number of aliphatic hydroxyl groups excluding tert-OH is 1. The second kappa shape index (κ2) is 6.55. The highest BCUT2D eigenvalue weighted by molar-refractivity contribution is 6.32. The van der Waals surface area contributed by atoms with Gasteiger partial charge in [0, 0.05) is 0 Å². The molecule has 1 saturated carbocycles. The zero-order valence-electron chi connectivity index (χ0n) is 11.5. The molecule has 0 heterocycles. The summed E-state index contributed by atoms with van der Waals surface area (Å²) in [5.74, 6) is 0.0272. The lowest BCUT2D eigenvalue weighted by molar-refractivity contribution is -0.137.